The molecule has 0 aromatic heterocycles. The number of hydrogen-bond donors (Lipinski definition) is 13. The molecule has 2 aliphatic rings. The van der Waals surface area contributed by atoms with Crippen LogP contribution in [0.3, 0.4) is 0 Å². The third-order valence-electron chi connectivity index (χ3n) is 9.37. The van der Waals surface area contributed by atoms with Crippen molar-refractivity contribution < 1.29 is 89.6 Å². The second-order valence-corrected chi connectivity index (χ2v) is 13.9. The number of carboxylic acids is 2. The van der Waals surface area contributed by atoms with Gasteiger partial charge in [0.25, 0.3) is 11.6 Å². The van der Waals surface area contributed by atoms with Gasteiger partial charge in [-0.05, 0) is 12.8 Å². The molecule has 53 heavy (non-hydrogen) atoms. The lowest BCUT2D eigenvalue weighted by Crippen LogP contribution is -2.67. The molecule has 2 fully saturated rings. The Morgan fingerprint density at radius 1 is 0.774 bits per heavy atom. The van der Waals surface area contributed by atoms with Crippen molar-refractivity contribution in [1.29, 1.82) is 0 Å². The zero-order valence-electron chi connectivity index (χ0n) is 30.6. The van der Waals surface area contributed by atoms with Crippen LogP contribution >= 0.6 is 0 Å². The Kier molecular flexibility index (Phi) is 19.3. The monoisotopic (exact) mass is 770 g/mol. The molecule has 308 valence electrons. The number of carbonyl (C=O) groups is 5. The van der Waals surface area contributed by atoms with Crippen LogP contribution in [0.2, 0.25) is 0 Å². The highest BCUT2D eigenvalue weighted by molar-refractivity contribution is 5.81. The number of ether oxygens (including phenoxy) is 2. The summed E-state index contributed by atoms with van der Waals surface area (Å²) in [4.78, 5) is 58.1. The maximum absolute atomic E-state index is 12.3. The molecular formula is C33H58N2O18. The van der Waals surface area contributed by atoms with E-state index in [0.29, 0.717) is 12.8 Å². The van der Waals surface area contributed by atoms with Gasteiger partial charge in [-0.3, -0.25) is 14.4 Å². The molecule has 0 radical (unpaired) electrons. The van der Waals surface area contributed by atoms with Crippen molar-refractivity contribution in [3.05, 3.63) is 0 Å². The molecule has 0 aromatic carbocycles. The topological polar surface area (TPSA) is 350 Å². The number of aliphatic carboxylic acids is 2. The van der Waals surface area contributed by atoms with Gasteiger partial charge in [0.05, 0.1) is 37.1 Å². The first kappa shape index (κ1) is 48.1. The number of rotatable bonds is 18. The normalized spacial score (nSPS) is 32.0. The third kappa shape index (κ3) is 13.4. The summed E-state index contributed by atoms with van der Waals surface area (Å²) in [7, 11) is 0. The summed E-state index contributed by atoms with van der Waals surface area (Å²) in [6, 6.07) is -1.28. The minimum atomic E-state index is -2.81. The molecule has 0 spiro atoms. The molecule has 14 atom stereocenters. The van der Waals surface area contributed by atoms with Crippen molar-refractivity contribution >= 4 is 29.5 Å². The predicted octanol–water partition coefficient (Wildman–Crippen LogP) is -3.68. The number of aliphatic hydroxyl groups excluding tert-OH is 7. The van der Waals surface area contributed by atoms with Gasteiger partial charge in [0.15, 0.2) is 0 Å². The lowest BCUT2D eigenvalue weighted by Gasteiger charge is -2.44. The fourth-order valence-electron chi connectivity index (χ4n) is 6.17. The van der Waals surface area contributed by atoms with E-state index < -0.39 is 110 Å². The highest BCUT2D eigenvalue weighted by atomic mass is 16.7. The van der Waals surface area contributed by atoms with Gasteiger partial charge in [-0.15, -0.1) is 0 Å². The molecular weight excluding hydrogens is 712 g/mol. The van der Waals surface area contributed by atoms with E-state index in [-0.39, 0.29) is 36.5 Å². The minimum Gasteiger partial charge on any atom is -0.477 e. The van der Waals surface area contributed by atoms with Crippen molar-refractivity contribution in [3.8, 4) is 0 Å². The summed E-state index contributed by atoms with van der Waals surface area (Å²) in [5, 5.41) is 113. The molecule has 2 heterocycles. The lowest BCUT2D eigenvalue weighted by molar-refractivity contribution is -0.304. The van der Waals surface area contributed by atoms with Gasteiger partial charge in [0, 0.05) is 50.5 Å². The molecule has 0 aliphatic carbocycles. The van der Waals surface area contributed by atoms with Gasteiger partial charge in [0.1, 0.15) is 30.2 Å². The zero-order valence-corrected chi connectivity index (χ0v) is 30.6. The van der Waals surface area contributed by atoms with Gasteiger partial charge < -0.3 is 76.3 Å². The molecule has 0 aromatic rings. The van der Waals surface area contributed by atoms with Crippen LogP contribution in [-0.2, 0) is 33.4 Å². The van der Waals surface area contributed by atoms with Crippen LogP contribution in [-0.4, -0.2) is 165 Å². The number of carbonyl (C=O) groups excluding carboxylic acids is 3. The summed E-state index contributed by atoms with van der Waals surface area (Å²) >= 11 is 0. The highest BCUT2D eigenvalue weighted by Crippen LogP contribution is 2.37. The molecule has 2 amide bonds. The molecule has 20 heteroatoms. The standard InChI is InChI=1S/C17H30N2O9.C16H28O9/c1-4-5-8(2)15(24)18-7-11(22)13(23)14-12(19-9(3)20)10(21)6-17(27,28-14)16(25)26;1-3-4-8(2)10(18)5-9-11(19)6-16(24,15(22)23)25-14(9)13(21)12(20)7-17/h8,10-14,21-23,27H,4-7H2,1-3H3,(H,18,24)(H,19,20)(H,25,26);8-9,11-14,17,19-21,24H,3-7H2,1-2H3,(H,22,23). The van der Waals surface area contributed by atoms with Crippen LogP contribution in [0.25, 0.3) is 0 Å². The summed E-state index contributed by atoms with van der Waals surface area (Å²) in [5.41, 5.74) is 0. The van der Waals surface area contributed by atoms with E-state index in [2.05, 4.69) is 10.6 Å². The van der Waals surface area contributed by atoms with Crippen molar-refractivity contribution in [2.24, 2.45) is 17.8 Å². The van der Waals surface area contributed by atoms with Gasteiger partial charge in [-0.2, -0.15) is 0 Å². The zero-order chi connectivity index (χ0) is 41.0. The molecule has 0 saturated carbocycles. The first-order valence-corrected chi connectivity index (χ1v) is 17.5. The van der Waals surface area contributed by atoms with E-state index >= 15 is 0 Å². The Bertz CT molecular complexity index is 1220. The van der Waals surface area contributed by atoms with Crippen LogP contribution in [0.15, 0.2) is 0 Å². The number of hydrogen-bond acceptors (Lipinski definition) is 16. The maximum Gasteiger partial charge on any atom is 0.364 e. The molecule has 2 saturated heterocycles. The Morgan fingerprint density at radius 2 is 1.25 bits per heavy atom. The number of nitrogens with one attached hydrogen (secondary N) is 2. The molecule has 14 unspecified atom stereocenters. The number of carboxylic acid groups (broad SMARTS) is 2. The van der Waals surface area contributed by atoms with Crippen LogP contribution in [0.5, 0.6) is 0 Å². The Balaban J connectivity index is 0.000000533. The number of aliphatic hydroxyl groups is 9. The molecule has 2 aliphatic heterocycles. The van der Waals surface area contributed by atoms with Crippen molar-refractivity contribution in [3.63, 3.8) is 0 Å². The number of ketones is 1. The second kappa shape index (κ2) is 21.3. The molecule has 2 rings (SSSR count). The summed E-state index contributed by atoms with van der Waals surface area (Å²) in [5.74, 6) is -11.9. The van der Waals surface area contributed by atoms with E-state index in [1.807, 2.05) is 13.8 Å². The van der Waals surface area contributed by atoms with Crippen molar-refractivity contribution in [1.82, 2.24) is 10.6 Å². The third-order valence-corrected chi connectivity index (χ3v) is 9.37. The van der Waals surface area contributed by atoms with E-state index in [1.54, 1.807) is 13.8 Å². The summed E-state index contributed by atoms with van der Waals surface area (Å²) in [6.45, 7) is 7.20. The van der Waals surface area contributed by atoms with Gasteiger partial charge >= 0.3 is 11.9 Å². The van der Waals surface area contributed by atoms with E-state index in [9.17, 15) is 64.8 Å². The average Bonchev–Trinajstić information content (AvgIpc) is 3.08. The molecule has 13 N–H and O–H groups in total. The predicted molar refractivity (Wildman–Crippen MR) is 179 cm³/mol. The van der Waals surface area contributed by atoms with Gasteiger partial charge in [0.2, 0.25) is 11.8 Å². The Morgan fingerprint density at radius 3 is 1.72 bits per heavy atom. The molecule has 20 nitrogen and oxygen atoms in total. The quantitative estimate of drug-likeness (QED) is 0.0638. The summed E-state index contributed by atoms with van der Waals surface area (Å²) < 4.78 is 10.1. The summed E-state index contributed by atoms with van der Waals surface area (Å²) in [6.07, 6.45) is -11.9. The van der Waals surface area contributed by atoms with Crippen LogP contribution < -0.4 is 10.6 Å². The van der Waals surface area contributed by atoms with E-state index in [4.69, 9.17) is 24.8 Å². The smallest absolute Gasteiger partial charge is 0.364 e. The SMILES string of the molecule is CCCC(C)C(=O)CC1C(O)CC(O)(C(=O)O)OC1C(O)C(O)CO.CCCC(C)C(=O)NCC(O)C(O)C1OC(O)(C(=O)O)CC(O)C1NC(C)=O. The van der Waals surface area contributed by atoms with Crippen LogP contribution in [0.1, 0.15) is 79.6 Å². The number of Topliss-reactive ketones (excluding diaryl/α,β-unsaturated/α-hetero) is 1. The van der Waals surface area contributed by atoms with E-state index in [0.717, 1.165) is 19.8 Å². The maximum atomic E-state index is 12.3. The largest absolute Gasteiger partial charge is 0.477 e. The van der Waals surface area contributed by atoms with Crippen molar-refractivity contribution in [2.45, 2.75) is 146 Å². The van der Waals surface area contributed by atoms with E-state index in [1.165, 1.54) is 0 Å². The average molecular weight is 771 g/mol. The van der Waals surface area contributed by atoms with Crippen LogP contribution in [0, 0.1) is 17.8 Å². The fraction of sp³-hybridized carbons (Fsp3) is 0.848. The molecule has 0 bridgehead atoms. The first-order valence-electron chi connectivity index (χ1n) is 17.5. The lowest BCUT2D eigenvalue weighted by atomic mass is 9.78. The van der Waals surface area contributed by atoms with Gasteiger partial charge in [-0.1, -0.05) is 40.5 Å². The van der Waals surface area contributed by atoms with Crippen molar-refractivity contribution in [2.75, 3.05) is 13.2 Å². The van der Waals surface area contributed by atoms with Gasteiger partial charge in [-0.25, -0.2) is 9.59 Å². The van der Waals surface area contributed by atoms with Crippen LogP contribution in [0.4, 0.5) is 0 Å². The first-order chi connectivity index (χ1) is 24.5. The highest BCUT2D eigenvalue weighted by Gasteiger charge is 2.55. The Hall–Kier alpha value is -2.89. The second-order valence-electron chi connectivity index (χ2n) is 13.9. The number of amides is 2. The fourth-order valence-corrected chi connectivity index (χ4v) is 6.17. The Labute approximate surface area is 306 Å². The minimum absolute atomic E-state index is 0.203.